The minimum absolute atomic E-state index is 0.0135. The maximum absolute atomic E-state index is 2.63. The van der Waals surface area contributed by atoms with Gasteiger partial charge in [-0.15, -0.1) is 11.3 Å². The van der Waals surface area contributed by atoms with Crippen LogP contribution in [0.1, 0.15) is 68.3 Å². The van der Waals surface area contributed by atoms with Crippen LogP contribution in [0.15, 0.2) is 169 Å². The fourth-order valence-corrected chi connectivity index (χ4v) is 12.5. The van der Waals surface area contributed by atoms with Crippen LogP contribution in [-0.2, 0) is 11.8 Å². The minimum atomic E-state index is -0.0135. The average molecular weight is 804 g/mol. The summed E-state index contributed by atoms with van der Waals surface area (Å²) in [5, 5.41) is 6.63. The van der Waals surface area contributed by atoms with E-state index in [1.807, 2.05) is 11.3 Å². The molecule has 294 valence electrons. The van der Waals surface area contributed by atoms with Gasteiger partial charge >= 0.3 is 0 Å². The van der Waals surface area contributed by atoms with E-state index in [0.29, 0.717) is 0 Å². The van der Waals surface area contributed by atoms with Crippen molar-refractivity contribution in [3.8, 4) is 5.69 Å². The quantitative estimate of drug-likeness (QED) is 0.169. The molecule has 4 aliphatic carbocycles. The zero-order valence-corrected chi connectivity index (χ0v) is 35.4. The number of hydrogen-bond donors (Lipinski definition) is 0. The Labute approximate surface area is 360 Å². The van der Waals surface area contributed by atoms with E-state index in [-0.39, 0.29) is 5.41 Å². The van der Waals surface area contributed by atoms with E-state index in [4.69, 9.17) is 0 Å². The van der Waals surface area contributed by atoms with E-state index in [9.17, 15) is 0 Å². The lowest BCUT2D eigenvalue weighted by Crippen LogP contribution is -2.21. The first-order valence-electron chi connectivity index (χ1n) is 22.0. The summed E-state index contributed by atoms with van der Waals surface area (Å²) >= 11 is 1.91. The first kappa shape index (κ1) is 35.2. The van der Waals surface area contributed by atoms with Gasteiger partial charge in [0.1, 0.15) is 0 Å². The number of benzene rings is 6. The number of para-hydroxylation sites is 2. The molecule has 0 unspecified atom stereocenters. The normalized spacial score (nSPS) is 16.8. The Bertz CT molecular complexity index is 3500. The van der Waals surface area contributed by atoms with E-state index < -0.39 is 0 Å². The molecule has 3 heterocycles. The van der Waals surface area contributed by atoms with Crippen LogP contribution in [0.2, 0.25) is 0 Å². The van der Waals surface area contributed by atoms with Gasteiger partial charge in [0.2, 0.25) is 0 Å². The van der Waals surface area contributed by atoms with Crippen molar-refractivity contribution in [2.75, 3.05) is 4.90 Å². The summed E-state index contributed by atoms with van der Waals surface area (Å²) in [5.74, 6) is 0. The molecular formula is C57H45N3S. The van der Waals surface area contributed by atoms with Gasteiger partial charge in [0, 0.05) is 81.5 Å². The Morgan fingerprint density at radius 2 is 1.33 bits per heavy atom. The second-order valence-electron chi connectivity index (χ2n) is 17.8. The summed E-state index contributed by atoms with van der Waals surface area (Å²) in [4.78, 5) is 2.57. The van der Waals surface area contributed by atoms with Crippen molar-refractivity contribution in [3.63, 3.8) is 0 Å². The summed E-state index contributed by atoms with van der Waals surface area (Å²) in [6, 6.07) is 47.9. The zero-order chi connectivity index (χ0) is 40.4. The predicted molar refractivity (Wildman–Crippen MR) is 261 cm³/mol. The molecule has 6 aromatic carbocycles. The Balaban J connectivity index is 0.994. The van der Waals surface area contributed by atoms with Crippen LogP contribution in [-0.4, -0.2) is 9.13 Å². The summed E-state index contributed by atoms with van der Waals surface area (Å²) < 4.78 is 7.77. The van der Waals surface area contributed by atoms with Crippen LogP contribution in [0.25, 0.3) is 75.9 Å². The molecule has 0 radical (unpaired) electrons. The van der Waals surface area contributed by atoms with E-state index in [1.165, 1.54) is 109 Å². The molecule has 0 aliphatic heterocycles. The van der Waals surface area contributed by atoms with Crippen molar-refractivity contribution in [2.45, 2.75) is 57.8 Å². The van der Waals surface area contributed by atoms with Gasteiger partial charge in [-0.1, -0.05) is 104 Å². The Morgan fingerprint density at radius 1 is 0.557 bits per heavy atom. The third kappa shape index (κ3) is 5.15. The maximum Gasteiger partial charge on any atom is 0.0542 e. The lowest BCUT2D eigenvalue weighted by Gasteiger charge is -2.32. The number of hydrogen-bond acceptors (Lipinski definition) is 2. The standard InChI is InChI=1S/C57H45N3S/c1-57(2)49-20-10-6-16-41(49)42-30-28-40(33-50(42)57)58(39-29-31-53-46(32-39)43-17-7-11-21-51(43)59(53)36-14-4-3-5-15-36)37-24-26-38(27-25-37)60-52-22-12-8-18-44(52)47-35-56-48(34-54(47)60)45-19-9-13-23-55(45)61-56/h3-9,11,13-19,21,23-24,26,28-35H,10,12,20,22,25,27H2,1-2H3. The monoisotopic (exact) mass is 803 g/mol. The fourth-order valence-electron chi connectivity index (χ4n) is 11.3. The molecule has 0 saturated heterocycles. The van der Waals surface area contributed by atoms with Gasteiger partial charge in [-0.05, 0) is 134 Å². The first-order valence-corrected chi connectivity index (χ1v) is 22.8. The van der Waals surface area contributed by atoms with Crippen LogP contribution >= 0.6 is 11.3 Å². The van der Waals surface area contributed by atoms with E-state index >= 15 is 0 Å². The topological polar surface area (TPSA) is 13.1 Å². The van der Waals surface area contributed by atoms with Crippen LogP contribution < -0.4 is 4.90 Å². The molecule has 0 N–H and O–H groups in total. The number of anilines is 2. The van der Waals surface area contributed by atoms with E-state index in [2.05, 4.69) is 192 Å². The highest BCUT2D eigenvalue weighted by molar-refractivity contribution is 7.25. The first-order chi connectivity index (χ1) is 30.0. The van der Waals surface area contributed by atoms with Gasteiger partial charge in [-0.3, -0.25) is 0 Å². The highest BCUT2D eigenvalue weighted by Crippen LogP contribution is 2.52. The number of fused-ring (bicyclic) bond motifs is 11. The number of allylic oxidation sites excluding steroid dienone is 9. The van der Waals surface area contributed by atoms with E-state index in [1.54, 1.807) is 5.57 Å². The molecular weight excluding hydrogens is 759 g/mol. The molecule has 3 aromatic heterocycles. The van der Waals surface area contributed by atoms with Crippen molar-refractivity contribution < 1.29 is 0 Å². The highest BCUT2D eigenvalue weighted by Gasteiger charge is 2.38. The number of aromatic nitrogens is 2. The maximum atomic E-state index is 2.63. The molecule has 0 atom stereocenters. The molecule has 61 heavy (non-hydrogen) atoms. The summed E-state index contributed by atoms with van der Waals surface area (Å²) in [6.07, 6.45) is 20.6. The molecule has 13 rings (SSSR count). The molecule has 4 aliphatic rings. The number of rotatable bonds is 5. The second kappa shape index (κ2) is 13.2. The Hall–Kier alpha value is -6.62. The van der Waals surface area contributed by atoms with Crippen LogP contribution in [0.5, 0.6) is 0 Å². The molecule has 0 fully saturated rings. The van der Waals surface area contributed by atoms with Crippen molar-refractivity contribution in [1.82, 2.24) is 9.13 Å². The smallest absolute Gasteiger partial charge is 0.0542 e. The zero-order valence-electron chi connectivity index (χ0n) is 34.6. The van der Waals surface area contributed by atoms with Crippen LogP contribution in [0, 0.1) is 0 Å². The lowest BCUT2D eigenvalue weighted by atomic mass is 9.78. The van der Waals surface area contributed by atoms with Crippen molar-refractivity contribution >= 4 is 92.9 Å². The van der Waals surface area contributed by atoms with Crippen molar-refractivity contribution in [3.05, 3.63) is 191 Å². The SMILES string of the molecule is CC1(C)C2=C(C=CCC2)c2ccc(N(C3=CC=C(n4c5c(c6cc7sc8ccccc8c7cc64)C=CCC5)CC3)c3ccc4c(c3)c3ccccc3n4-c3ccccc3)cc21. The minimum Gasteiger partial charge on any atom is -0.317 e. The van der Waals surface area contributed by atoms with Crippen LogP contribution in [0.3, 0.4) is 0 Å². The molecule has 0 amide bonds. The van der Waals surface area contributed by atoms with E-state index in [0.717, 1.165) is 38.5 Å². The Kier molecular flexibility index (Phi) is 7.60. The van der Waals surface area contributed by atoms with Crippen molar-refractivity contribution in [1.29, 1.82) is 0 Å². The third-order valence-corrected chi connectivity index (χ3v) is 15.3. The highest BCUT2D eigenvalue weighted by atomic mass is 32.1. The fraction of sp³-hybridized carbons (Fsp3) is 0.158. The number of nitrogens with zero attached hydrogens (tertiary/aromatic N) is 3. The average Bonchev–Trinajstić information content (AvgIpc) is 4.01. The summed E-state index contributed by atoms with van der Waals surface area (Å²) in [6.45, 7) is 4.87. The molecule has 4 heteroatoms. The molecule has 0 bridgehead atoms. The summed E-state index contributed by atoms with van der Waals surface area (Å²) in [5.41, 5.74) is 18.8. The molecule has 0 saturated carbocycles. The van der Waals surface area contributed by atoms with Gasteiger partial charge < -0.3 is 14.0 Å². The number of thiophene rings is 1. The predicted octanol–water partition coefficient (Wildman–Crippen LogP) is 15.8. The van der Waals surface area contributed by atoms with Gasteiger partial charge in [-0.25, -0.2) is 0 Å². The Morgan fingerprint density at radius 3 is 2.21 bits per heavy atom. The second-order valence-corrected chi connectivity index (χ2v) is 18.9. The van der Waals surface area contributed by atoms with Gasteiger partial charge in [0.25, 0.3) is 0 Å². The molecule has 9 aromatic rings. The largest absolute Gasteiger partial charge is 0.317 e. The van der Waals surface area contributed by atoms with Gasteiger partial charge in [0.05, 0.1) is 16.6 Å². The van der Waals surface area contributed by atoms with Crippen molar-refractivity contribution in [2.24, 2.45) is 0 Å². The third-order valence-electron chi connectivity index (χ3n) is 14.2. The molecule has 3 nitrogen and oxygen atoms in total. The van der Waals surface area contributed by atoms with Gasteiger partial charge in [0.15, 0.2) is 0 Å². The summed E-state index contributed by atoms with van der Waals surface area (Å²) in [7, 11) is 0. The van der Waals surface area contributed by atoms with Crippen LogP contribution in [0.4, 0.5) is 11.4 Å². The lowest BCUT2D eigenvalue weighted by molar-refractivity contribution is 0.607. The molecule has 0 spiro atoms. The van der Waals surface area contributed by atoms with Gasteiger partial charge in [-0.2, -0.15) is 0 Å².